The largest absolute Gasteiger partial charge is 0.390 e. The van der Waals surface area contributed by atoms with E-state index in [9.17, 15) is 9.50 Å². The molecule has 4 heterocycles. The highest BCUT2D eigenvalue weighted by molar-refractivity contribution is 5.84. The molecule has 8 heteroatoms. The fourth-order valence-corrected chi connectivity index (χ4v) is 4.91. The fourth-order valence-electron chi connectivity index (χ4n) is 4.91. The number of fused-ring (bicyclic) bond motifs is 1. The van der Waals surface area contributed by atoms with Gasteiger partial charge >= 0.3 is 0 Å². The summed E-state index contributed by atoms with van der Waals surface area (Å²) in [5, 5.41) is 17.2. The number of halogens is 1. The summed E-state index contributed by atoms with van der Waals surface area (Å²) in [6.45, 7) is 6.37. The van der Waals surface area contributed by atoms with E-state index < -0.39 is 0 Å². The summed E-state index contributed by atoms with van der Waals surface area (Å²) in [4.78, 5) is 11.7. The van der Waals surface area contributed by atoms with Gasteiger partial charge in [0.2, 0.25) is 0 Å². The van der Waals surface area contributed by atoms with Gasteiger partial charge in [-0.1, -0.05) is 0 Å². The predicted octanol–water partition coefficient (Wildman–Crippen LogP) is 3.36. The summed E-state index contributed by atoms with van der Waals surface area (Å²) in [6.07, 6.45) is 5.00. The van der Waals surface area contributed by atoms with Gasteiger partial charge < -0.3 is 14.7 Å². The van der Waals surface area contributed by atoms with Crippen LogP contribution in [0, 0.1) is 18.2 Å². The lowest BCUT2D eigenvalue weighted by molar-refractivity contribution is 0.0975. The second kappa shape index (κ2) is 7.28. The lowest BCUT2D eigenvalue weighted by atomic mass is 9.77. The van der Waals surface area contributed by atoms with E-state index in [0.29, 0.717) is 39.7 Å². The highest BCUT2D eigenvalue weighted by Gasteiger charge is 2.41. The third-order valence-electron chi connectivity index (χ3n) is 6.57. The average molecular weight is 411 g/mol. The topological polar surface area (TPSA) is 87.2 Å². The van der Waals surface area contributed by atoms with Gasteiger partial charge in [0.1, 0.15) is 11.5 Å². The fraction of sp³-hybridized carbons (Fsp3) is 0.500. The summed E-state index contributed by atoms with van der Waals surface area (Å²) in [5.74, 6) is 0.366. The van der Waals surface area contributed by atoms with Gasteiger partial charge in [0.25, 0.3) is 0 Å². The number of H-pyrrole nitrogens is 1. The van der Waals surface area contributed by atoms with Crippen molar-refractivity contribution < 1.29 is 14.2 Å². The Bertz CT molecular complexity index is 1090. The van der Waals surface area contributed by atoms with Crippen LogP contribution in [0.2, 0.25) is 0 Å². The first-order valence-corrected chi connectivity index (χ1v) is 10.5. The van der Waals surface area contributed by atoms with Crippen LogP contribution in [-0.4, -0.2) is 51.1 Å². The lowest BCUT2D eigenvalue weighted by Crippen LogP contribution is -2.41. The van der Waals surface area contributed by atoms with Crippen molar-refractivity contribution in [1.82, 2.24) is 20.2 Å². The Hall–Kier alpha value is -2.58. The number of hydrogen-bond acceptors (Lipinski definition) is 6. The number of aromatic nitrogens is 4. The molecule has 0 radical (unpaired) electrons. The second-order valence-electron chi connectivity index (χ2n) is 8.69. The molecule has 1 aromatic carbocycles. The molecule has 2 fully saturated rings. The maximum atomic E-state index is 14.4. The maximum absolute atomic E-state index is 14.4. The second-order valence-corrected chi connectivity index (χ2v) is 8.69. The van der Waals surface area contributed by atoms with Gasteiger partial charge in [-0.25, -0.2) is 14.4 Å². The van der Waals surface area contributed by atoms with Crippen molar-refractivity contribution in [1.29, 1.82) is 0 Å². The van der Waals surface area contributed by atoms with E-state index in [1.54, 1.807) is 0 Å². The summed E-state index contributed by atoms with van der Waals surface area (Å²) in [7, 11) is 0. The minimum atomic E-state index is -0.360. The van der Waals surface area contributed by atoms with Gasteiger partial charge in [-0.15, -0.1) is 0 Å². The van der Waals surface area contributed by atoms with Crippen LogP contribution < -0.4 is 4.90 Å². The summed E-state index contributed by atoms with van der Waals surface area (Å²) in [6, 6.07) is 3.26. The van der Waals surface area contributed by atoms with Crippen LogP contribution in [0.15, 0.2) is 18.3 Å². The summed E-state index contributed by atoms with van der Waals surface area (Å²) >= 11 is 0. The van der Waals surface area contributed by atoms with E-state index in [-0.39, 0.29) is 17.8 Å². The standard InChI is InChI=1S/C22H26FN5O2/c1-13-9-22(12-30-13)3-5-28(6-4-22)21-19(11-29)26-20(14(2)25-21)15-7-17(23)16-10-24-27-18(16)8-15/h7-8,10,13,29H,3-6,9,11-12H2,1-2H3,(H,24,27)/t13-/m0/s1. The van der Waals surface area contributed by atoms with Gasteiger partial charge in [-0.05, 0) is 50.7 Å². The minimum absolute atomic E-state index is 0.216. The number of rotatable bonds is 3. The zero-order valence-electron chi connectivity index (χ0n) is 17.3. The van der Waals surface area contributed by atoms with Gasteiger partial charge in [0.15, 0.2) is 5.82 Å². The van der Waals surface area contributed by atoms with E-state index in [0.717, 1.165) is 44.8 Å². The number of anilines is 1. The molecule has 0 saturated carbocycles. The summed E-state index contributed by atoms with van der Waals surface area (Å²) < 4.78 is 20.3. The molecule has 2 aliphatic rings. The molecule has 7 nitrogen and oxygen atoms in total. The van der Waals surface area contributed by atoms with Gasteiger partial charge in [0, 0.05) is 18.7 Å². The number of nitrogens with one attached hydrogen (secondary N) is 1. The van der Waals surface area contributed by atoms with Crippen molar-refractivity contribution in [2.24, 2.45) is 5.41 Å². The zero-order valence-corrected chi connectivity index (χ0v) is 17.3. The molecular weight excluding hydrogens is 385 g/mol. The molecule has 1 atom stereocenters. The van der Waals surface area contributed by atoms with Crippen molar-refractivity contribution in [3.05, 3.63) is 35.5 Å². The average Bonchev–Trinajstić information content (AvgIpc) is 3.35. The molecule has 30 heavy (non-hydrogen) atoms. The van der Waals surface area contributed by atoms with Crippen LogP contribution in [-0.2, 0) is 11.3 Å². The number of aliphatic hydroxyl groups excluding tert-OH is 1. The number of aliphatic hydroxyl groups is 1. The lowest BCUT2D eigenvalue weighted by Gasteiger charge is -2.39. The molecule has 2 N–H and O–H groups in total. The van der Waals surface area contributed by atoms with Crippen molar-refractivity contribution >= 4 is 16.7 Å². The highest BCUT2D eigenvalue weighted by atomic mass is 19.1. The number of aryl methyl sites for hydroxylation is 1. The quantitative estimate of drug-likeness (QED) is 0.687. The number of aromatic amines is 1. The first-order valence-electron chi connectivity index (χ1n) is 10.5. The van der Waals surface area contributed by atoms with Crippen LogP contribution in [0.3, 0.4) is 0 Å². The van der Waals surface area contributed by atoms with Crippen molar-refractivity contribution in [3.8, 4) is 11.3 Å². The highest BCUT2D eigenvalue weighted by Crippen LogP contribution is 2.43. The summed E-state index contributed by atoms with van der Waals surface area (Å²) in [5.41, 5.74) is 3.30. The Morgan fingerprint density at radius 3 is 2.80 bits per heavy atom. The van der Waals surface area contributed by atoms with Gasteiger partial charge in [0.05, 0.1) is 47.8 Å². The monoisotopic (exact) mass is 411 g/mol. The van der Waals surface area contributed by atoms with Crippen LogP contribution >= 0.6 is 0 Å². The Morgan fingerprint density at radius 2 is 2.10 bits per heavy atom. The molecule has 5 rings (SSSR count). The van der Waals surface area contributed by atoms with E-state index in [2.05, 4.69) is 27.0 Å². The number of ether oxygens (including phenoxy) is 1. The molecule has 0 bridgehead atoms. The van der Waals surface area contributed by atoms with Gasteiger partial charge in [-0.2, -0.15) is 5.10 Å². The third kappa shape index (κ3) is 3.24. The molecule has 2 aliphatic heterocycles. The van der Waals surface area contributed by atoms with Crippen LogP contribution in [0.25, 0.3) is 22.2 Å². The zero-order chi connectivity index (χ0) is 20.9. The van der Waals surface area contributed by atoms with Crippen LogP contribution in [0.4, 0.5) is 10.2 Å². The number of benzene rings is 1. The predicted molar refractivity (Wildman–Crippen MR) is 112 cm³/mol. The molecule has 0 amide bonds. The van der Waals surface area contributed by atoms with Gasteiger partial charge in [-0.3, -0.25) is 5.10 Å². The molecule has 1 spiro atoms. The first-order chi connectivity index (χ1) is 14.5. The Morgan fingerprint density at radius 1 is 1.30 bits per heavy atom. The number of hydrogen-bond donors (Lipinski definition) is 2. The number of piperidine rings is 1. The smallest absolute Gasteiger partial charge is 0.153 e. The van der Waals surface area contributed by atoms with E-state index in [1.165, 1.54) is 12.3 Å². The minimum Gasteiger partial charge on any atom is -0.390 e. The molecule has 0 aliphatic carbocycles. The van der Waals surface area contributed by atoms with Crippen molar-refractivity contribution in [2.75, 3.05) is 24.6 Å². The normalized spacial score (nSPS) is 21.1. The Balaban J connectivity index is 1.46. The third-order valence-corrected chi connectivity index (χ3v) is 6.57. The SMILES string of the molecule is Cc1nc(N2CCC3(CC2)CO[C@@H](C)C3)c(CO)nc1-c1cc(F)c2cn[nH]c2c1. The van der Waals surface area contributed by atoms with E-state index in [1.807, 2.05) is 13.0 Å². The molecule has 3 aromatic rings. The first kappa shape index (κ1) is 19.4. The van der Waals surface area contributed by atoms with Crippen LogP contribution in [0.5, 0.6) is 0 Å². The molecule has 2 aromatic heterocycles. The Kier molecular flexibility index (Phi) is 4.71. The van der Waals surface area contributed by atoms with Crippen molar-refractivity contribution in [2.45, 2.75) is 45.8 Å². The number of nitrogens with zero attached hydrogens (tertiary/aromatic N) is 4. The molecule has 158 valence electrons. The molecule has 2 saturated heterocycles. The molecular formula is C22H26FN5O2. The van der Waals surface area contributed by atoms with E-state index in [4.69, 9.17) is 9.72 Å². The van der Waals surface area contributed by atoms with Crippen molar-refractivity contribution in [3.63, 3.8) is 0 Å². The van der Waals surface area contributed by atoms with E-state index >= 15 is 0 Å². The maximum Gasteiger partial charge on any atom is 0.153 e. The Labute approximate surface area is 174 Å². The van der Waals surface area contributed by atoms with Crippen LogP contribution in [0.1, 0.15) is 37.6 Å². The molecule has 0 unspecified atom stereocenters.